The number of hydrogen-bond acceptors (Lipinski definition) is 4. The summed E-state index contributed by atoms with van der Waals surface area (Å²) in [5, 5.41) is 0. The van der Waals surface area contributed by atoms with Gasteiger partial charge in [0.1, 0.15) is 0 Å². The van der Waals surface area contributed by atoms with Gasteiger partial charge in [0, 0.05) is 11.1 Å². The van der Waals surface area contributed by atoms with Gasteiger partial charge in [-0.15, -0.1) is 0 Å². The molecule has 1 aliphatic carbocycles. The zero-order valence-corrected chi connectivity index (χ0v) is 19.0. The van der Waals surface area contributed by atoms with Crippen LogP contribution < -0.4 is 0 Å². The van der Waals surface area contributed by atoms with Gasteiger partial charge in [0.05, 0.1) is 14.2 Å². The number of carbonyl (C=O) groups excluding carboxylic acids is 2. The van der Waals surface area contributed by atoms with Crippen molar-refractivity contribution >= 4 is 11.6 Å². The lowest BCUT2D eigenvalue weighted by Crippen LogP contribution is -2.26. The molecule has 0 saturated heterocycles. The molecule has 0 radical (unpaired) electrons. The van der Waals surface area contributed by atoms with Crippen LogP contribution in [0.4, 0.5) is 0 Å². The summed E-state index contributed by atoms with van der Waals surface area (Å²) in [7, 11) is 2.77. The second kappa shape index (κ2) is 9.90. The number of Topliss-reactive ketones (excluding diaryl/α,β-unsaturated/α-hetero) is 2. The zero-order chi connectivity index (χ0) is 21.6. The highest BCUT2D eigenvalue weighted by Gasteiger charge is 2.36. The molecule has 0 amide bonds. The van der Waals surface area contributed by atoms with Crippen LogP contribution in [0.1, 0.15) is 67.7 Å². The maximum Gasteiger partial charge on any atom is 0.228 e. The summed E-state index contributed by atoms with van der Waals surface area (Å²) in [6, 6.07) is 0. The molecule has 0 saturated carbocycles. The summed E-state index contributed by atoms with van der Waals surface area (Å²) in [5.74, 6) is 0.0674. The molecular weight excluding hydrogens is 352 g/mol. The molecule has 0 aromatic carbocycles. The van der Waals surface area contributed by atoms with E-state index in [1.54, 1.807) is 6.92 Å². The molecule has 0 aromatic heterocycles. The first-order valence-corrected chi connectivity index (χ1v) is 9.92. The maximum atomic E-state index is 12.9. The average molecular weight is 389 g/mol. The minimum absolute atomic E-state index is 0.00553. The van der Waals surface area contributed by atoms with Crippen molar-refractivity contribution in [2.45, 2.75) is 67.7 Å². The molecule has 0 unspecified atom stereocenters. The Morgan fingerprint density at radius 1 is 1.07 bits per heavy atom. The molecule has 28 heavy (non-hydrogen) atoms. The second-order valence-electron chi connectivity index (χ2n) is 8.56. The number of ketones is 2. The standard InChI is InChI=1S/C24H36O4/c1-10-18(24(6,7)12-11-16(4)13-15(2)3)14-19-17(5)20(25)22(27-8)23(28-9)21(19)26/h10-11,15H,12-14H2,1-9H3/b16-11+,18-10+. The lowest BCUT2D eigenvalue weighted by atomic mass is 9.75. The first-order valence-electron chi connectivity index (χ1n) is 9.92. The Kier molecular flexibility index (Phi) is 8.47. The van der Waals surface area contributed by atoms with Crippen molar-refractivity contribution in [3.8, 4) is 0 Å². The highest BCUT2D eigenvalue weighted by atomic mass is 16.5. The van der Waals surface area contributed by atoms with Crippen LogP contribution in [0.5, 0.6) is 0 Å². The molecule has 0 aliphatic heterocycles. The van der Waals surface area contributed by atoms with Crippen molar-refractivity contribution in [3.05, 3.63) is 46.0 Å². The van der Waals surface area contributed by atoms with Gasteiger partial charge in [-0.2, -0.15) is 0 Å². The van der Waals surface area contributed by atoms with Crippen molar-refractivity contribution in [2.75, 3.05) is 14.2 Å². The molecule has 0 atom stereocenters. The van der Waals surface area contributed by atoms with Crippen LogP contribution in [0.25, 0.3) is 0 Å². The van der Waals surface area contributed by atoms with E-state index in [0.29, 0.717) is 23.5 Å². The molecule has 1 aliphatic rings. The number of allylic oxidation sites excluding steroid dienone is 6. The predicted octanol–water partition coefficient (Wildman–Crippen LogP) is 5.70. The van der Waals surface area contributed by atoms with Gasteiger partial charge in [0.2, 0.25) is 23.1 Å². The number of hydrogen-bond donors (Lipinski definition) is 0. The average Bonchev–Trinajstić information content (AvgIpc) is 2.62. The first kappa shape index (κ1) is 23.9. The molecule has 156 valence electrons. The lowest BCUT2D eigenvalue weighted by molar-refractivity contribution is -0.121. The van der Waals surface area contributed by atoms with Crippen molar-refractivity contribution in [1.29, 1.82) is 0 Å². The van der Waals surface area contributed by atoms with Gasteiger partial charge in [0.15, 0.2) is 0 Å². The SMILES string of the molecule is C/C=C(\CC1=C(C)C(=O)C(OC)=C(OC)C1=O)C(C)(C)C/C=C(\C)CC(C)C. The maximum absolute atomic E-state index is 12.9. The van der Waals surface area contributed by atoms with Gasteiger partial charge in [-0.25, -0.2) is 0 Å². The van der Waals surface area contributed by atoms with Gasteiger partial charge in [0.25, 0.3) is 0 Å². The third-order valence-electron chi connectivity index (χ3n) is 5.37. The number of rotatable bonds is 9. The van der Waals surface area contributed by atoms with E-state index < -0.39 is 0 Å². The van der Waals surface area contributed by atoms with Crippen molar-refractivity contribution in [1.82, 2.24) is 0 Å². The molecule has 0 heterocycles. The van der Waals surface area contributed by atoms with Crippen molar-refractivity contribution in [2.24, 2.45) is 11.3 Å². The summed E-state index contributed by atoms with van der Waals surface area (Å²) in [4.78, 5) is 25.6. The minimum Gasteiger partial charge on any atom is -0.489 e. The van der Waals surface area contributed by atoms with Crippen LogP contribution in [0.3, 0.4) is 0 Å². The van der Waals surface area contributed by atoms with Gasteiger partial charge in [-0.3, -0.25) is 9.59 Å². The molecule has 0 fully saturated rings. The third kappa shape index (κ3) is 5.46. The van der Waals surface area contributed by atoms with E-state index in [2.05, 4.69) is 46.8 Å². The fourth-order valence-corrected chi connectivity index (χ4v) is 3.61. The Morgan fingerprint density at radius 3 is 2.07 bits per heavy atom. The number of ether oxygens (including phenoxy) is 2. The van der Waals surface area contributed by atoms with Crippen LogP contribution in [-0.4, -0.2) is 25.8 Å². The number of methoxy groups -OCH3 is 2. The largest absolute Gasteiger partial charge is 0.489 e. The van der Waals surface area contributed by atoms with E-state index in [9.17, 15) is 9.59 Å². The van der Waals surface area contributed by atoms with Crippen molar-refractivity contribution < 1.29 is 19.1 Å². The lowest BCUT2D eigenvalue weighted by Gasteiger charge is -2.29. The molecule has 1 rings (SSSR count). The minimum atomic E-state index is -0.283. The quantitative estimate of drug-likeness (QED) is 0.375. The Balaban J connectivity index is 3.14. The molecule has 4 heteroatoms. The van der Waals surface area contributed by atoms with Gasteiger partial charge < -0.3 is 9.47 Å². The second-order valence-corrected chi connectivity index (χ2v) is 8.56. The fraction of sp³-hybridized carbons (Fsp3) is 0.583. The fourth-order valence-electron chi connectivity index (χ4n) is 3.61. The van der Waals surface area contributed by atoms with E-state index in [4.69, 9.17) is 9.47 Å². The monoisotopic (exact) mass is 388 g/mol. The van der Waals surface area contributed by atoms with Gasteiger partial charge >= 0.3 is 0 Å². The Hall–Kier alpha value is -2.10. The van der Waals surface area contributed by atoms with Crippen LogP contribution >= 0.6 is 0 Å². The molecule has 0 N–H and O–H groups in total. The highest BCUT2D eigenvalue weighted by Crippen LogP contribution is 2.38. The van der Waals surface area contributed by atoms with Gasteiger partial charge in [-0.05, 0) is 51.4 Å². The van der Waals surface area contributed by atoms with E-state index in [1.807, 2.05) is 6.92 Å². The summed E-state index contributed by atoms with van der Waals surface area (Å²) in [6.07, 6.45) is 6.75. The summed E-state index contributed by atoms with van der Waals surface area (Å²) in [5.41, 5.74) is 3.32. The summed E-state index contributed by atoms with van der Waals surface area (Å²) in [6.45, 7) is 14.6. The van der Waals surface area contributed by atoms with Gasteiger partial charge in [-0.1, -0.05) is 51.0 Å². The Labute approximate surface area is 170 Å². The van der Waals surface area contributed by atoms with Crippen LogP contribution in [0, 0.1) is 11.3 Å². The Bertz CT molecular complexity index is 743. The summed E-state index contributed by atoms with van der Waals surface area (Å²) < 4.78 is 10.3. The van der Waals surface area contributed by atoms with Crippen LogP contribution in [-0.2, 0) is 19.1 Å². The predicted molar refractivity (Wildman–Crippen MR) is 114 cm³/mol. The Morgan fingerprint density at radius 2 is 1.61 bits per heavy atom. The molecule has 0 spiro atoms. The van der Waals surface area contributed by atoms with E-state index in [-0.39, 0.29) is 28.5 Å². The zero-order valence-electron chi connectivity index (χ0n) is 19.0. The normalized spacial score (nSPS) is 17.1. The van der Waals surface area contributed by atoms with Crippen molar-refractivity contribution in [3.63, 3.8) is 0 Å². The van der Waals surface area contributed by atoms with E-state index in [0.717, 1.165) is 18.4 Å². The smallest absolute Gasteiger partial charge is 0.228 e. The summed E-state index contributed by atoms with van der Waals surface area (Å²) >= 11 is 0. The molecule has 0 bridgehead atoms. The molecule has 4 nitrogen and oxygen atoms in total. The first-order chi connectivity index (χ1) is 13.0. The van der Waals surface area contributed by atoms with E-state index in [1.165, 1.54) is 19.8 Å². The number of carbonyl (C=O) groups is 2. The molecule has 0 aromatic rings. The van der Waals surface area contributed by atoms with Crippen LogP contribution in [0.2, 0.25) is 0 Å². The van der Waals surface area contributed by atoms with Crippen LogP contribution in [0.15, 0.2) is 46.0 Å². The third-order valence-corrected chi connectivity index (χ3v) is 5.37. The molecular formula is C24H36O4. The van der Waals surface area contributed by atoms with E-state index >= 15 is 0 Å². The highest BCUT2D eigenvalue weighted by molar-refractivity contribution is 6.23. The topological polar surface area (TPSA) is 52.6 Å².